The zero-order valence-electron chi connectivity index (χ0n) is 11.0. The number of hydrogen-bond donors (Lipinski definition) is 1. The first kappa shape index (κ1) is 12.8. The van der Waals surface area contributed by atoms with Gasteiger partial charge in [-0.2, -0.15) is 0 Å². The van der Waals surface area contributed by atoms with Gasteiger partial charge in [0.05, 0.1) is 11.7 Å². The predicted octanol–water partition coefficient (Wildman–Crippen LogP) is 3.30. The first-order valence-electron chi connectivity index (χ1n) is 6.65. The first-order valence-corrected chi connectivity index (χ1v) is 7.53. The van der Waals surface area contributed by atoms with E-state index in [0.29, 0.717) is 6.04 Å². The van der Waals surface area contributed by atoms with Gasteiger partial charge in [0.2, 0.25) is 0 Å². The van der Waals surface area contributed by atoms with Gasteiger partial charge in [0.1, 0.15) is 11.1 Å². The van der Waals surface area contributed by atoms with E-state index in [1.807, 2.05) is 18.2 Å². The van der Waals surface area contributed by atoms with Gasteiger partial charge in [-0.25, -0.2) is 4.98 Å². The van der Waals surface area contributed by atoms with Crippen LogP contribution >= 0.6 is 11.3 Å². The van der Waals surface area contributed by atoms with Crippen molar-refractivity contribution >= 4 is 11.3 Å². The van der Waals surface area contributed by atoms with Gasteiger partial charge >= 0.3 is 0 Å². The molecule has 1 aliphatic rings. The summed E-state index contributed by atoms with van der Waals surface area (Å²) in [7, 11) is 1.74. The number of methoxy groups -OCH3 is 1. The van der Waals surface area contributed by atoms with Crippen molar-refractivity contribution in [3.05, 3.63) is 52.0 Å². The van der Waals surface area contributed by atoms with Gasteiger partial charge in [-0.05, 0) is 24.9 Å². The minimum atomic E-state index is -0.0543. The average Bonchev–Trinajstić information content (AvgIpc) is 3.11. The number of nitrogens with one attached hydrogen (secondary N) is 1. The highest BCUT2D eigenvalue weighted by Crippen LogP contribution is 2.31. The van der Waals surface area contributed by atoms with Crippen molar-refractivity contribution in [2.24, 2.45) is 0 Å². The van der Waals surface area contributed by atoms with E-state index in [1.54, 1.807) is 18.4 Å². The average molecular weight is 274 g/mol. The van der Waals surface area contributed by atoms with E-state index in [2.05, 4.69) is 22.8 Å². The quantitative estimate of drug-likeness (QED) is 0.929. The zero-order chi connectivity index (χ0) is 13.1. The van der Waals surface area contributed by atoms with Crippen LogP contribution in [-0.2, 0) is 4.74 Å². The maximum Gasteiger partial charge on any atom is 0.134 e. The summed E-state index contributed by atoms with van der Waals surface area (Å²) in [4.78, 5) is 4.77. The summed E-state index contributed by atoms with van der Waals surface area (Å²) in [5.74, 6) is 0. The lowest BCUT2D eigenvalue weighted by Crippen LogP contribution is -2.13. The molecule has 1 aromatic heterocycles. The van der Waals surface area contributed by atoms with Crippen LogP contribution in [-0.4, -0.2) is 18.6 Å². The van der Waals surface area contributed by atoms with E-state index in [-0.39, 0.29) is 6.10 Å². The third kappa shape index (κ3) is 2.71. The fourth-order valence-corrected chi connectivity index (χ4v) is 3.50. The van der Waals surface area contributed by atoms with Crippen LogP contribution in [0.5, 0.6) is 0 Å². The lowest BCUT2D eigenvalue weighted by molar-refractivity contribution is 0.136. The summed E-state index contributed by atoms with van der Waals surface area (Å²) in [6.07, 6.45) is 2.37. The molecule has 0 radical (unpaired) electrons. The Morgan fingerprint density at radius 1 is 1.37 bits per heavy atom. The van der Waals surface area contributed by atoms with Gasteiger partial charge < -0.3 is 10.1 Å². The summed E-state index contributed by atoms with van der Waals surface area (Å²) in [6, 6.07) is 10.7. The largest absolute Gasteiger partial charge is 0.370 e. The second-order valence-electron chi connectivity index (χ2n) is 4.79. The smallest absolute Gasteiger partial charge is 0.134 e. The molecule has 0 amide bonds. The molecule has 0 bridgehead atoms. The van der Waals surface area contributed by atoms with Crippen LogP contribution in [0.2, 0.25) is 0 Å². The summed E-state index contributed by atoms with van der Waals surface area (Å²) in [5, 5.41) is 6.69. The van der Waals surface area contributed by atoms with Gasteiger partial charge in [0.25, 0.3) is 0 Å². The van der Waals surface area contributed by atoms with Crippen molar-refractivity contribution in [1.29, 1.82) is 0 Å². The summed E-state index contributed by atoms with van der Waals surface area (Å²) in [5.41, 5.74) is 2.32. The molecule has 100 valence electrons. The molecule has 2 atom stereocenters. The molecule has 1 saturated heterocycles. The second-order valence-corrected chi connectivity index (χ2v) is 5.68. The van der Waals surface area contributed by atoms with E-state index in [9.17, 15) is 0 Å². The molecule has 4 heteroatoms. The molecule has 0 saturated carbocycles. The van der Waals surface area contributed by atoms with Crippen LogP contribution in [0.1, 0.15) is 41.3 Å². The fourth-order valence-electron chi connectivity index (χ4n) is 2.53. The molecular weight excluding hydrogens is 256 g/mol. The van der Waals surface area contributed by atoms with Crippen LogP contribution in [0.4, 0.5) is 0 Å². The highest BCUT2D eigenvalue weighted by molar-refractivity contribution is 7.09. The maximum absolute atomic E-state index is 5.63. The second kappa shape index (κ2) is 5.82. The predicted molar refractivity (Wildman–Crippen MR) is 77.4 cm³/mol. The van der Waals surface area contributed by atoms with Crippen LogP contribution < -0.4 is 5.32 Å². The van der Waals surface area contributed by atoms with Crippen LogP contribution in [0.3, 0.4) is 0 Å². The molecule has 3 rings (SSSR count). The van der Waals surface area contributed by atoms with Gasteiger partial charge in [0, 0.05) is 12.5 Å². The Morgan fingerprint density at radius 3 is 2.89 bits per heavy atom. The summed E-state index contributed by atoms with van der Waals surface area (Å²) in [6.45, 7) is 1.10. The molecule has 2 aromatic rings. The first-order chi connectivity index (χ1) is 9.38. The van der Waals surface area contributed by atoms with E-state index in [0.717, 1.165) is 22.8 Å². The fraction of sp³-hybridized carbons (Fsp3) is 0.400. The summed E-state index contributed by atoms with van der Waals surface area (Å²) >= 11 is 1.69. The third-order valence-electron chi connectivity index (χ3n) is 3.52. The van der Waals surface area contributed by atoms with E-state index in [4.69, 9.17) is 9.72 Å². The van der Waals surface area contributed by atoms with E-state index in [1.165, 1.54) is 12.8 Å². The van der Waals surface area contributed by atoms with Crippen molar-refractivity contribution < 1.29 is 4.74 Å². The van der Waals surface area contributed by atoms with Gasteiger partial charge in [0.15, 0.2) is 0 Å². The number of hydrogen-bond acceptors (Lipinski definition) is 4. The lowest BCUT2D eigenvalue weighted by Gasteiger charge is -2.13. The van der Waals surface area contributed by atoms with Crippen LogP contribution in [0.15, 0.2) is 35.7 Å². The highest BCUT2D eigenvalue weighted by atomic mass is 32.1. The molecule has 1 N–H and O–H groups in total. The van der Waals surface area contributed by atoms with Crippen molar-refractivity contribution in [2.75, 3.05) is 13.7 Å². The third-order valence-corrected chi connectivity index (χ3v) is 4.43. The Labute approximate surface area is 117 Å². The molecule has 0 spiro atoms. The SMILES string of the molecule is COC(c1ccccc1)c1nc([C@@H]2CCCN2)cs1. The number of aromatic nitrogens is 1. The maximum atomic E-state index is 5.63. The Hall–Kier alpha value is -1.23. The van der Waals surface area contributed by atoms with Crippen molar-refractivity contribution in [1.82, 2.24) is 10.3 Å². The monoisotopic (exact) mass is 274 g/mol. The minimum absolute atomic E-state index is 0.0543. The molecule has 0 aliphatic carbocycles. The number of ether oxygens (including phenoxy) is 1. The van der Waals surface area contributed by atoms with Crippen molar-refractivity contribution in [3.63, 3.8) is 0 Å². The van der Waals surface area contributed by atoms with Crippen LogP contribution in [0.25, 0.3) is 0 Å². The Bertz CT molecular complexity index is 520. The van der Waals surface area contributed by atoms with Gasteiger partial charge in [-0.3, -0.25) is 0 Å². The molecule has 1 unspecified atom stereocenters. The van der Waals surface area contributed by atoms with E-state index >= 15 is 0 Å². The molecule has 3 nitrogen and oxygen atoms in total. The molecular formula is C15H18N2OS. The van der Waals surface area contributed by atoms with E-state index < -0.39 is 0 Å². The molecule has 1 aromatic carbocycles. The topological polar surface area (TPSA) is 34.1 Å². The zero-order valence-corrected chi connectivity index (χ0v) is 11.8. The standard InChI is InChI=1S/C15H18N2OS/c1-18-14(11-6-3-2-4-7-11)15-17-13(10-19-15)12-8-5-9-16-12/h2-4,6-7,10,12,14,16H,5,8-9H2,1H3/t12-,14?/m0/s1. The lowest BCUT2D eigenvalue weighted by atomic mass is 10.1. The van der Waals surface area contributed by atoms with Crippen LogP contribution in [0, 0.1) is 0 Å². The normalized spacial score (nSPS) is 20.6. The summed E-state index contributed by atoms with van der Waals surface area (Å²) < 4.78 is 5.63. The van der Waals surface area contributed by atoms with Gasteiger partial charge in [-0.15, -0.1) is 11.3 Å². The Kier molecular flexibility index (Phi) is 3.92. The van der Waals surface area contributed by atoms with Crippen molar-refractivity contribution in [2.45, 2.75) is 25.0 Å². The molecule has 1 fully saturated rings. The highest BCUT2D eigenvalue weighted by Gasteiger charge is 2.22. The molecule has 1 aliphatic heterocycles. The Morgan fingerprint density at radius 2 is 2.21 bits per heavy atom. The number of thiazole rings is 1. The number of nitrogens with zero attached hydrogens (tertiary/aromatic N) is 1. The minimum Gasteiger partial charge on any atom is -0.370 e. The number of benzene rings is 1. The molecule has 2 heterocycles. The van der Waals surface area contributed by atoms with Gasteiger partial charge in [-0.1, -0.05) is 30.3 Å². The number of rotatable bonds is 4. The Balaban J connectivity index is 1.84. The molecule has 19 heavy (non-hydrogen) atoms. The van der Waals surface area contributed by atoms with Crippen molar-refractivity contribution in [3.8, 4) is 0 Å².